The fourth-order valence-electron chi connectivity index (χ4n) is 1.58. The molecule has 0 aliphatic carbocycles. The highest BCUT2D eigenvalue weighted by molar-refractivity contribution is 7.16. The van der Waals surface area contributed by atoms with Crippen LogP contribution in [0.25, 0.3) is 10.3 Å². The standard InChI is InChI=1S/C14H13N3O2S/c1-3-5-6-9(4-2)13(18)16-10-7-11-12(15-8-10)17-14(19)20-11/h3-8H,1H2,2H3,(H,16,18)(H,15,17,19)/b6-5-,9-4+. The fraction of sp³-hybridized carbons (Fsp3) is 0.0714. The molecule has 2 rings (SSSR count). The van der Waals surface area contributed by atoms with Gasteiger partial charge in [-0.25, -0.2) is 4.98 Å². The zero-order valence-electron chi connectivity index (χ0n) is 10.8. The van der Waals surface area contributed by atoms with Crippen LogP contribution < -0.4 is 10.2 Å². The van der Waals surface area contributed by atoms with Gasteiger partial charge in [0.2, 0.25) is 0 Å². The number of anilines is 1. The Hall–Kier alpha value is -2.47. The minimum atomic E-state index is -0.241. The molecule has 0 spiro atoms. The number of H-pyrrole nitrogens is 1. The first-order valence-corrected chi connectivity index (χ1v) is 6.71. The number of allylic oxidation sites excluding steroid dienone is 3. The van der Waals surface area contributed by atoms with E-state index in [0.29, 0.717) is 21.6 Å². The number of aromatic nitrogens is 2. The van der Waals surface area contributed by atoms with E-state index in [0.717, 1.165) is 11.3 Å². The van der Waals surface area contributed by atoms with E-state index in [1.54, 1.807) is 37.3 Å². The normalized spacial score (nSPS) is 11.9. The molecule has 6 heteroatoms. The summed E-state index contributed by atoms with van der Waals surface area (Å²) >= 11 is 1.05. The van der Waals surface area contributed by atoms with Gasteiger partial charge in [-0.15, -0.1) is 0 Å². The van der Waals surface area contributed by atoms with Crippen LogP contribution in [0.1, 0.15) is 6.92 Å². The van der Waals surface area contributed by atoms with E-state index in [1.807, 2.05) is 0 Å². The predicted octanol–water partition coefficient (Wildman–Crippen LogP) is 2.61. The number of aromatic amines is 1. The monoisotopic (exact) mass is 287 g/mol. The number of carbonyl (C=O) groups is 1. The molecule has 2 aromatic heterocycles. The Morgan fingerprint density at radius 2 is 2.35 bits per heavy atom. The van der Waals surface area contributed by atoms with Gasteiger partial charge in [0.25, 0.3) is 5.91 Å². The van der Waals surface area contributed by atoms with Crippen LogP contribution in [0.3, 0.4) is 0 Å². The van der Waals surface area contributed by atoms with Crippen molar-refractivity contribution >= 4 is 33.3 Å². The maximum atomic E-state index is 12.0. The first-order chi connectivity index (χ1) is 9.63. The number of amides is 1. The Bertz CT molecular complexity index is 768. The molecule has 0 unspecified atom stereocenters. The number of thiazole rings is 1. The Balaban J connectivity index is 2.22. The molecule has 0 aromatic carbocycles. The van der Waals surface area contributed by atoms with Crippen molar-refractivity contribution in [1.29, 1.82) is 0 Å². The highest BCUT2D eigenvalue weighted by Gasteiger charge is 2.08. The maximum absolute atomic E-state index is 12.0. The van der Waals surface area contributed by atoms with E-state index < -0.39 is 0 Å². The van der Waals surface area contributed by atoms with Crippen molar-refractivity contribution in [1.82, 2.24) is 9.97 Å². The summed E-state index contributed by atoms with van der Waals surface area (Å²) in [6, 6.07) is 1.72. The number of nitrogens with zero attached hydrogens (tertiary/aromatic N) is 1. The second-order valence-corrected chi connectivity index (χ2v) is 4.89. The van der Waals surface area contributed by atoms with Crippen molar-refractivity contribution in [3.05, 3.63) is 58.4 Å². The van der Waals surface area contributed by atoms with E-state index >= 15 is 0 Å². The number of fused-ring (bicyclic) bond motifs is 1. The van der Waals surface area contributed by atoms with Crippen molar-refractivity contribution in [3.8, 4) is 0 Å². The number of pyridine rings is 1. The predicted molar refractivity (Wildman–Crippen MR) is 82.0 cm³/mol. The molecule has 0 atom stereocenters. The average molecular weight is 287 g/mol. The largest absolute Gasteiger partial charge is 0.321 e. The summed E-state index contributed by atoms with van der Waals surface area (Å²) in [5, 5.41) is 2.74. The smallest absolute Gasteiger partial charge is 0.306 e. The zero-order valence-corrected chi connectivity index (χ0v) is 11.7. The van der Waals surface area contributed by atoms with Crippen LogP contribution in [0.15, 0.2) is 53.5 Å². The summed E-state index contributed by atoms with van der Waals surface area (Å²) in [5.41, 5.74) is 1.59. The SMILES string of the molecule is C=C/C=C\C(=C/C)C(=O)Nc1cnc2[nH]c(=O)sc2c1. The van der Waals surface area contributed by atoms with Gasteiger partial charge in [0.1, 0.15) is 0 Å². The minimum absolute atomic E-state index is 0.168. The van der Waals surface area contributed by atoms with Crippen molar-refractivity contribution in [2.24, 2.45) is 0 Å². The Morgan fingerprint density at radius 3 is 3.05 bits per heavy atom. The van der Waals surface area contributed by atoms with E-state index in [1.165, 1.54) is 6.20 Å². The number of rotatable bonds is 4. The summed E-state index contributed by atoms with van der Waals surface area (Å²) in [4.78, 5) is 29.8. The summed E-state index contributed by atoms with van der Waals surface area (Å²) < 4.78 is 0.705. The molecule has 0 aliphatic heterocycles. The molecule has 0 fully saturated rings. The highest BCUT2D eigenvalue weighted by atomic mass is 32.1. The maximum Gasteiger partial charge on any atom is 0.306 e. The van der Waals surface area contributed by atoms with E-state index in [4.69, 9.17) is 0 Å². The van der Waals surface area contributed by atoms with Crippen LogP contribution in [0.5, 0.6) is 0 Å². The Kier molecular flexibility index (Phi) is 4.27. The van der Waals surface area contributed by atoms with Crippen LogP contribution in [0.2, 0.25) is 0 Å². The van der Waals surface area contributed by atoms with Crippen LogP contribution >= 0.6 is 11.3 Å². The zero-order chi connectivity index (χ0) is 14.5. The minimum Gasteiger partial charge on any atom is -0.321 e. The topological polar surface area (TPSA) is 74.8 Å². The first-order valence-electron chi connectivity index (χ1n) is 5.89. The summed E-state index contributed by atoms with van der Waals surface area (Å²) in [6.45, 7) is 5.34. The second kappa shape index (κ2) is 6.12. The molecule has 102 valence electrons. The third kappa shape index (κ3) is 3.10. The van der Waals surface area contributed by atoms with Gasteiger partial charge in [0.15, 0.2) is 5.65 Å². The van der Waals surface area contributed by atoms with Gasteiger partial charge < -0.3 is 5.32 Å². The molecular weight excluding hydrogens is 274 g/mol. The number of hydrogen-bond donors (Lipinski definition) is 2. The first kappa shape index (κ1) is 14.0. The lowest BCUT2D eigenvalue weighted by molar-refractivity contribution is -0.112. The van der Waals surface area contributed by atoms with Crippen LogP contribution in [-0.4, -0.2) is 15.9 Å². The lowest BCUT2D eigenvalue weighted by Crippen LogP contribution is -2.13. The third-order valence-electron chi connectivity index (χ3n) is 2.52. The second-order valence-electron chi connectivity index (χ2n) is 3.88. The quantitative estimate of drug-likeness (QED) is 0.670. The molecular formula is C14H13N3O2S. The van der Waals surface area contributed by atoms with Gasteiger partial charge in [-0.05, 0) is 19.1 Å². The van der Waals surface area contributed by atoms with Crippen LogP contribution in [0.4, 0.5) is 5.69 Å². The van der Waals surface area contributed by atoms with Gasteiger partial charge in [-0.3, -0.25) is 14.6 Å². The molecule has 0 bridgehead atoms. The summed E-state index contributed by atoms with van der Waals surface area (Å²) in [5.74, 6) is -0.241. The summed E-state index contributed by atoms with van der Waals surface area (Å²) in [7, 11) is 0. The molecule has 2 N–H and O–H groups in total. The lowest BCUT2D eigenvalue weighted by Gasteiger charge is -2.05. The van der Waals surface area contributed by atoms with Gasteiger partial charge in [-0.2, -0.15) is 0 Å². The molecule has 5 nitrogen and oxygen atoms in total. The molecule has 1 amide bonds. The van der Waals surface area contributed by atoms with Crippen molar-refractivity contribution < 1.29 is 4.79 Å². The lowest BCUT2D eigenvalue weighted by atomic mass is 10.2. The van der Waals surface area contributed by atoms with Crippen molar-refractivity contribution in [2.75, 3.05) is 5.32 Å². The Labute approximate surface area is 119 Å². The van der Waals surface area contributed by atoms with E-state index in [9.17, 15) is 9.59 Å². The summed E-state index contributed by atoms with van der Waals surface area (Å²) in [6.07, 6.45) is 8.17. The number of nitrogens with one attached hydrogen (secondary N) is 2. The van der Waals surface area contributed by atoms with Crippen molar-refractivity contribution in [2.45, 2.75) is 6.92 Å². The molecule has 0 radical (unpaired) electrons. The van der Waals surface area contributed by atoms with Crippen molar-refractivity contribution in [3.63, 3.8) is 0 Å². The van der Waals surface area contributed by atoms with Crippen LogP contribution in [-0.2, 0) is 4.79 Å². The number of hydrogen-bond acceptors (Lipinski definition) is 4. The van der Waals surface area contributed by atoms with Gasteiger partial charge in [0, 0.05) is 5.57 Å². The molecule has 0 saturated heterocycles. The van der Waals surface area contributed by atoms with Gasteiger partial charge in [-0.1, -0.05) is 36.1 Å². The number of carbonyl (C=O) groups excluding carboxylic acids is 1. The van der Waals surface area contributed by atoms with E-state index in [-0.39, 0.29) is 10.8 Å². The molecule has 20 heavy (non-hydrogen) atoms. The molecule has 2 heterocycles. The van der Waals surface area contributed by atoms with Crippen LogP contribution in [0, 0.1) is 0 Å². The average Bonchev–Trinajstić information content (AvgIpc) is 2.79. The van der Waals surface area contributed by atoms with Gasteiger partial charge in [0.05, 0.1) is 16.6 Å². The fourth-order valence-corrected chi connectivity index (χ4v) is 2.32. The molecule has 0 saturated carbocycles. The highest BCUT2D eigenvalue weighted by Crippen LogP contribution is 2.17. The molecule has 2 aromatic rings. The molecule has 0 aliphatic rings. The van der Waals surface area contributed by atoms with E-state index in [2.05, 4.69) is 21.9 Å². The Morgan fingerprint density at radius 1 is 1.55 bits per heavy atom. The van der Waals surface area contributed by atoms with Gasteiger partial charge >= 0.3 is 4.87 Å². The third-order valence-corrected chi connectivity index (χ3v) is 3.34.